The highest BCUT2D eigenvalue weighted by Gasteiger charge is 2.27. The standard InChI is InChI=1S/C19H16BrN3O4S/c1-27-15-4-3-12(20)8-11(15)2-5-17(24)22-18-14(9-21)13-6-7-23(19(25)26)10-16(13)28-18/h2-5,8H,6-7,10H2,1H3,(H,22,24)(H,25,26). The van der Waals surface area contributed by atoms with Crippen LogP contribution >= 0.6 is 27.3 Å². The van der Waals surface area contributed by atoms with Crippen molar-refractivity contribution in [3.63, 3.8) is 0 Å². The predicted octanol–water partition coefficient (Wildman–Crippen LogP) is 4.08. The quantitative estimate of drug-likeness (QED) is 0.667. The molecule has 0 fully saturated rings. The molecule has 1 aliphatic heterocycles. The number of amides is 2. The van der Waals surface area contributed by atoms with Crippen molar-refractivity contribution in [3.05, 3.63) is 50.3 Å². The fraction of sp³-hybridized carbons (Fsp3) is 0.211. The smallest absolute Gasteiger partial charge is 0.407 e. The zero-order valence-electron chi connectivity index (χ0n) is 14.9. The van der Waals surface area contributed by atoms with Gasteiger partial charge >= 0.3 is 6.09 Å². The van der Waals surface area contributed by atoms with Gasteiger partial charge in [0.25, 0.3) is 0 Å². The summed E-state index contributed by atoms with van der Waals surface area (Å²) in [6, 6.07) is 7.59. The summed E-state index contributed by atoms with van der Waals surface area (Å²) >= 11 is 4.62. The van der Waals surface area contributed by atoms with E-state index >= 15 is 0 Å². The van der Waals surface area contributed by atoms with Crippen molar-refractivity contribution in [2.75, 3.05) is 19.0 Å². The number of halogens is 1. The van der Waals surface area contributed by atoms with Crippen LogP contribution in [0.15, 0.2) is 28.7 Å². The first-order chi connectivity index (χ1) is 13.4. The highest BCUT2D eigenvalue weighted by molar-refractivity contribution is 9.10. The first-order valence-electron chi connectivity index (χ1n) is 8.28. The number of anilines is 1. The highest BCUT2D eigenvalue weighted by Crippen LogP contribution is 2.36. The van der Waals surface area contributed by atoms with Gasteiger partial charge in [-0.1, -0.05) is 15.9 Å². The number of hydrogen-bond acceptors (Lipinski definition) is 5. The van der Waals surface area contributed by atoms with Gasteiger partial charge in [0, 0.05) is 27.5 Å². The van der Waals surface area contributed by atoms with Gasteiger partial charge in [0.2, 0.25) is 5.91 Å². The van der Waals surface area contributed by atoms with Crippen LogP contribution < -0.4 is 10.1 Å². The van der Waals surface area contributed by atoms with Crippen LogP contribution in [0.3, 0.4) is 0 Å². The van der Waals surface area contributed by atoms with E-state index in [9.17, 15) is 14.9 Å². The van der Waals surface area contributed by atoms with Crippen molar-refractivity contribution in [1.82, 2.24) is 4.90 Å². The van der Waals surface area contributed by atoms with Crippen molar-refractivity contribution in [1.29, 1.82) is 5.26 Å². The number of ether oxygens (including phenoxy) is 1. The molecule has 0 aliphatic carbocycles. The highest BCUT2D eigenvalue weighted by atomic mass is 79.9. The van der Waals surface area contributed by atoms with E-state index in [0.29, 0.717) is 29.3 Å². The van der Waals surface area contributed by atoms with Crippen molar-refractivity contribution in [2.45, 2.75) is 13.0 Å². The Labute approximate surface area is 174 Å². The molecule has 0 spiro atoms. The summed E-state index contributed by atoms with van der Waals surface area (Å²) in [6.07, 6.45) is 2.47. The summed E-state index contributed by atoms with van der Waals surface area (Å²) in [6.45, 7) is 0.564. The van der Waals surface area contributed by atoms with Crippen molar-refractivity contribution in [2.24, 2.45) is 0 Å². The Morgan fingerprint density at radius 1 is 1.46 bits per heavy atom. The molecule has 2 heterocycles. The molecule has 2 N–H and O–H groups in total. The van der Waals surface area contributed by atoms with Gasteiger partial charge in [-0.15, -0.1) is 11.3 Å². The van der Waals surface area contributed by atoms with Crippen LogP contribution in [0.2, 0.25) is 0 Å². The maximum absolute atomic E-state index is 12.4. The summed E-state index contributed by atoms with van der Waals surface area (Å²) in [5, 5.41) is 21.8. The van der Waals surface area contributed by atoms with Crippen LogP contribution in [-0.4, -0.2) is 35.7 Å². The zero-order chi connectivity index (χ0) is 20.3. The number of nitriles is 1. The normalized spacial score (nSPS) is 13.1. The minimum atomic E-state index is -0.992. The number of carboxylic acid groups (broad SMARTS) is 1. The van der Waals surface area contributed by atoms with Crippen LogP contribution in [-0.2, 0) is 17.8 Å². The van der Waals surface area contributed by atoms with E-state index < -0.39 is 6.09 Å². The van der Waals surface area contributed by atoms with Crippen molar-refractivity contribution >= 4 is 50.3 Å². The van der Waals surface area contributed by atoms with E-state index in [1.807, 2.05) is 12.1 Å². The summed E-state index contributed by atoms with van der Waals surface area (Å²) in [7, 11) is 1.55. The van der Waals surface area contributed by atoms with E-state index in [1.54, 1.807) is 19.3 Å². The molecule has 1 aromatic heterocycles. The van der Waals surface area contributed by atoms with Gasteiger partial charge in [-0.3, -0.25) is 4.79 Å². The molecule has 3 rings (SSSR count). The number of nitrogens with one attached hydrogen (secondary N) is 1. The van der Waals surface area contributed by atoms with E-state index in [4.69, 9.17) is 9.84 Å². The maximum Gasteiger partial charge on any atom is 0.407 e. The first-order valence-corrected chi connectivity index (χ1v) is 9.89. The Hall–Kier alpha value is -2.83. The topological polar surface area (TPSA) is 103 Å². The zero-order valence-corrected chi connectivity index (χ0v) is 17.3. The molecule has 2 aromatic rings. The van der Waals surface area contributed by atoms with Gasteiger partial charge in [-0.2, -0.15) is 5.26 Å². The molecule has 144 valence electrons. The number of rotatable bonds is 4. The second kappa shape index (κ2) is 8.46. The molecule has 0 unspecified atom stereocenters. The Morgan fingerprint density at radius 2 is 2.25 bits per heavy atom. The molecule has 7 nitrogen and oxygen atoms in total. The molecule has 9 heteroatoms. The summed E-state index contributed by atoms with van der Waals surface area (Å²) in [4.78, 5) is 25.6. The van der Waals surface area contributed by atoms with Gasteiger partial charge in [0.15, 0.2) is 0 Å². The predicted molar refractivity (Wildman–Crippen MR) is 110 cm³/mol. The molecule has 0 atom stereocenters. The van der Waals surface area contributed by atoms with Crippen LogP contribution in [0, 0.1) is 11.3 Å². The average Bonchev–Trinajstić information content (AvgIpc) is 3.02. The largest absolute Gasteiger partial charge is 0.496 e. The number of fused-ring (bicyclic) bond motifs is 1. The second-order valence-corrected chi connectivity index (χ2v) is 8.00. The SMILES string of the molecule is COc1ccc(Br)cc1C=CC(=O)Nc1sc2c(c1C#N)CCN(C(=O)O)C2. The lowest BCUT2D eigenvalue weighted by atomic mass is 10.0. The first kappa shape index (κ1) is 19.9. The molecule has 0 radical (unpaired) electrons. The number of methoxy groups -OCH3 is 1. The molecular formula is C19H16BrN3O4S. The van der Waals surface area contributed by atoms with Crippen LogP contribution in [0.4, 0.5) is 9.80 Å². The van der Waals surface area contributed by atoms with Gasteiger partial charge < -0.3 is 20.1 Å². The Morgan fingerprint density at radius 3 is 2.93 bits per heavy atom. The third-order valence-corrected chi connectivity index (χ3v) is 5.91. The molecular weight excluding hydrogens is 446 g/mol. The molecule has 0 saturated heterocycles. The monoisotopic (exact) mass is 461 g/mol. The van der Waals surface area contributed by atoms with Crippen LogP contribution in [0.25, 0.3) is 6.08 Å². The fourth-order valence-electron chi connectivity index (χ4n) is 2.93. The Kier molecular flexibility index (Phi) is 6.02. The lowest BCUT2D eigenvalue weighted by Crippen LogP contribution is -2.34. The van der Waals surface area contributed by atoms with Gasteiger partial charge in [0.05, 0.1) is 19.2 Å². The number of carbonyl (C=O) groups excluding carboxylic acids is 1. The molecule has 0 saturated carbocycles. The number of carbonyl (C=O) groups is 2. The molecule has 1 aromatic carbocycles. The van der Waals surface area contributed by atoms with E-state index in [-0.39, 0.29) is 12.5 Å². The number of nitrogens with zero attached hydrogens (tertiary/aromatic N) is 2. The van der Waals surface area contributed by atoms with Gasteiger partial charge in [0.1, 0.15) is 16.8 Å². The molecule has 1 aliphatic rings. The maximum atomic E-state index is 12.4. The van der Waals surface area contributed by atoms with Crippen molar-refractivity contribution < 1.29 is 19.4 Å². The Bertz CT molecular complexity index is 1010. The van der Waals surface area contributed by atoms with E-state index in [1.165, 1.54) is 22.3 Å². The molecule has 0 bridgehead atoms. The summed E-state index contributed by atoms with van der Waals surface area (Å²) in [5.74, 6) is 0.248. The van der Waals surface area contributed by atoms with Crippen LogP contribution in [0.1, 0.15) is 21.6 Å². The molecule has 28 heavy (non-hydrogen) atoms. The minimum absolute atomic E-state index is 0.227. The lowest BCUT2D eigenvalue weighted by Gasteiger charge is -2.23. The number of hydrogen-bond donors (Lipinski definition) is 2. The number of thiophene rings is 1. The summed E-state index contributed by atoms with van der Waals surface area (Å²) in [5.41, 5.74) is 1.96. The van der Waals surface area contributed by atoms with E-state index in [2.05, 4.69) is 27.3 Å². The van der Waals surface area contributed by atoms with E-state index in [0.717, 1.165) is 20.5 Å². The third-order valence-electron chi connectivity index (χ3n) is 4.28. The van der Waals surface area contributed by atoms with Crippen molar-refractivity contribution in [3.8, 4) is 11.8 Å². The third kappa shape index (κ3) is 4.18. The lowest BCUT2D eigenvalue weighted by molar-refractivity contribution is -0.111. The molecule has 2 amide bonds. The average molecular weight is 462 g/mol. The Balaban J connectivity index is 1.79. The minimum Gasteiger partial charge on any atom is -0.496 e. The summed E-state index contributed by atoms with van der Waals surface area (Å²) < 4.78 is 6.13. The number of benzene rings is 1. The van der Waals surface area contributed by atoms with Crippen LogP contribution in [0.5, 0.6) is 5.75 Å². The van der Waals surface area contributed by atoms with Gasteiger partial charge in [-0.05, 0) is 36.3 Å². The fourth-order valence-corrected chi connectivity index (χ4v) is 4.52. The second-order valence-electron chi connectivity index (χ2n) is 5.98. The van der Waals surface area contributed by atoms with Gasteiger partial charge in [-0.25, -0.2) is 4.79 Å².